The molecule has 2 atom stereocenters. The van der Waals surface area contributed by atoms with Crippen molar-refractivity contribution >= 4 is 6.03 Å². The lowest BCUT2D eigenvalue weighted by molar-refractivity contribution is 0.0990. The third-order valence-corrected chi connectivity index (χ3v) is 5.60. The van der Waals surface area contributed by atoms with Gasteiger partial charge in [0.05, 0.1) is 12.5 Å². The van der Waals surface area contributed by atoms with E-state index in [1.807, 2.05) is 6.26 Å². The predicted molar refractivity (Wildman–Crippen MR) is 80.2 cm³/mol. The molecule has 114 valence electrons. The Balaban J connectivity index is 1.47. The highest BCUT2D eigenvalue weighted by Gasteiger charge is 2.45. The highest BCUT2D eigenvalue weighted by atomic mass is 16.3. The topological polar surface area (TPSA) is 36.7 Å². The van der Waals surface area contributed by atoms with Gasteiger partial charge in [0.15, 0.2) is 0 Å². The molecule has 0 aliphatic carbocycles. The van der Waals surface area contributed by atoms with Crippen LogP contribution in [0.4, 0.5) is 4.79 Å². The number of fused-ring (bicyclic) bond motifs is 2. The second-order valence-corrected chi connectivity index (χ2v) is 6.85. The normalized spacial score (nSPS) is 32.5. The van der Waals surface area contributed by atoms with Crippen LogP contribution >= 0.6 is 0 Å². The molecule has 4 nitrogen and oxygen atoms in total. The zero-order valence-electron chi connectivity index (χ0n) is 12.5. The van der Waals surface area contributed by atoms with E-state index in [9.17, 15) is 4.79 Å². The summed E-state index contributed by atoms with van der Waals surface area (Å²) in [6.45, 7) is 1.92. The fraction of sp³-hybridized carbons (Fsp3) is 0.706. The Bertz CT molecular complexity index is 479. The Labute approximate surface area is 126 Å². The number of amides is 2. The highest BCUT2D eigenvalue weighted by Crippen LogP contribution is 2.43. The largest absolute Gasteiger partial charge is 0.472 e. The van der Waals surface area contributed by atoms with Gasteiger partial charge in [-0.1, -0.05) is 0 Å². The number of nitrogens with zero attached hydrogens (tertiary/aromatic N) is 2. The molecule has 1 aromatic rings. The minimum Gasteiger partial charge on any atom is -0.472 e. The van der Waals surface area contributed by atoms with Crippen LogP contribution in [-0.2, 0) is 0 Å². The molecule has 2 bridgehead atoms. The highest BCUT2D eigenvalue weighted by molar-refractivity contribution is 5.76. The van der Waals surface area contributed by atoms with E-state index < -0.39 is 0 Å². The summed E-state index contributed by atoms with van der Waals surface area (Å²) in [7, 11) is 0. The van der Waals surface area contributed by atoms with Crippen LogP contribution in [0.25, 0.3) is 0 Å². The van der Waals surface area contributed by atoms with Gasteiger partial charge < -0.3 is 14.2 Å². The minimum atomic E-state index is 0.313. The molecule has 0 spiro atoms. The smallest absolute Gasteiger partial charge is 0.320 e. The molecule has 4 rings (SSSR count). The van der Waals surface area contributed by atoms with Crippen LogP contribution in [0.3, 0.4) is 0 Å². The summed E-state index contributed by atoms with van der Waals surface area (Å²) >= 11 is 0. The molecule has 4 heteroatoms. The number of hydrogen-bond donors (Lipinski definition) is 0. The van der Waals surface area contributed by atoms with Gasteiger partial charge in [-0.15, -0.1) is 0 Å². The van der Waals surface area contributed by atoms with Crippen molar-refractivity contribution in [2.45, 2.75) is 62.9 Å². The first-order chi connectivity index (χ1) is 10.3. The van der Waals surface area contributed by atoms with Gasteiger partial charge in [0.25, 0.3) is 0 Å². The molecule has 2 amide bonds. The number of urea groups is 1. The van der Waals surface area contributed by atoms with E-state index >= 15 is 0 Å². The van der Waals surface area contributed by atoms with Gasteiger partial charge in [-0.25, -0.2) is 4.79 Å². The van der Waals surface area contributed by atoms with Gasteiger partial charge in [0.2, 0.25) is 0 Å². The SMILES string of the molecule is O=C(N1CCCCC1)N1[C@@H]2CC[C@@H]1CC(c1ccoc1)C2. The Morgan fingerprint density at radius 1 is 1.10 bits per heavy atom. The van der Waals surface area contributed by atoms with E-state index in [-0.39, 0.29) is 0 Å². The van der Waals surface area contributed by atoms with Crippen LogP contribution in [0, 0.1) is 0 Å². The first-order valence-corrected chi connectivity index (χ1v) is 8.42. The maximum absolute atomic E-state index is 12.8. The molecule has 3 saturated heterocycles. The van der Waals surface area contributed by atoms with Crippen molar-refractivity contribution < 1.29 is 9.21 Å². The third-order valence-electron chi connectivity index (χ3n) is 5.60. The van der Waals surface area contributed by atoms with Crippen LogP contribution in [0.5, 0.6) is 0 Å². The maximum atomic E-state index is 12.8. The average molecular weight is 288 g/mol. The molecular weight excluding hydrogens is 264 g/mol. The zero-order chi connectivity index (χ0) is 14.2. The second kappa shape index (κ2) is 5.39. The standard InChI is InChI=1S/C17H24N2O2/c20-17(18-7-2-1-3-8-18)19-15-4-5-16(19)11-14(10-15)13-6-9-21-12-13/h6,9,12,14-16H,1-5,7-8,10-11H2/t15-,16-/m1/s1. The van der Waals surface area contributed by atoms with Gasteiger partial charge in [-0.3, -0.25) is 0 Å². The lowest BCUT2D eigenvalue weighted by Crippen LogP contribution is -2.52. The van der Waals surface area contributed by atoms with E-state index in [4.69, 9.17) is 4.42 Å². The van der Waals surface area contributed by atoms with Crippen LogP contribution < -0.4 is 0 Å². The molecular formula is C17H24N2O2. The maximum Gasteiger partial charge on any atom is 0.320 e. The molecule has 3 aliphatic rings. The summed E-state index contributed by atoms with van der Waals surface area (Å²) in [5.74, 6) is 0.576. The van der Waals surface area contributed by atoms with Gasteiger partial charge in [0.1, 0.15) is 0 Å². The molecule has 0 saturated carbocycles. The first kappa shape index (κ1) is 13.2. The van der Waals surface area contributed by atoms with Crippen molar-refractivity contribution in [1.29, 1.82) is 0 Å². The molecule has 1 aromatic heterocycles. The molecule has 0 aromatic carbocycles. The van der Waals surface area contributed by atoms with Crippen molar-refractivity contribution in [3.63, 3.8) is 0 Å². The first-order valence-electron chi connectivity index (χ1n) is 8.42. The fourth-order valence-corrected chi connectivity index (χ4v) is 4.52. The summed E-state index contributed by atoms with van der Waals surface area (Å²) in [6.07, 6.45) is 11.8. The van der Waals surface area contributed by atoms with E-state index in [2.05, 4.69) is 15.9 Å². The number of piperidine rings is 2. The quantitative estimate of drug-likeness (QED) is 0.791. The Morgan fingerprint density at radius 3 is 2.43 bits per heavy atom. The van der Waals surface area contributed by atoms with Crippen molar-refractivity contribution in [3.8, 4) is 0 Å². The average Bonchev–Trinajstić information content (AvgIpc) is 3.14. The summed E-state index contributed by atoms with van der Waals surface area (Å²) in [4.78, 5) is 17.2. The third kappa shape index (κ3) is 2.34. The van der Waals surface area contributed by atoms with Crippen LogP contribution in [-0.4, -0.2) is 41.0 Å². The number of likely N-dealkylation sites (tertiary alicyclic amines) is 1. The van der Waals surface area contributed by atoms with E-state index in [0.717, 1.165) is 25.9 Å². The van der Waals surface area contributed by atoms with E-state index in [1.165, 1.54) is 37.7 Å². The Morgan fingerprint density at radius 2 is 1.81 bits per heavy atom. The number of carbonyl (C=O) groups excluding carboxylic acids is 1. The van der Waals surface area contributed by atoms with Crippen LogP contribution in [0.2, 0.25) is 0 Å². The number of rotatable bonds is 1. The van der Waals surface area contributed by atoms with Crippen LogP contribution in [0.1, 0.15) is 56.4 Å². The number of hydrogen-bond acceptors (Lipinski definition) is 2. The second-order valence-electron chi connectivity index (χ2n) is 6.85. The monoisotopic (exact) mass is 288 g/mol. The van der Waals surface area contributed by atoms with Crippen molar-refractivity contribution in [2.75, 3.05) is 13.1 Å². The lowest BCUT2D eigenvalue weighted by atomic mass is 9.86. The summed E-state index contributed by atoms with van der Waals surface area (Å²) in [5.41, 5.74) is 1.32. The fourth-order valence-electron chi connectivity index (χ4n) is 4.52. The Hall–Kier alpha value is -1.45. The van der Waals surface area contributed by atoms with E-state index in [0.29, 0.717) is 24.0 Å². The summed E-state index contributed by atoms with van der Waals surface area (Å²) in [6, 6.07) is 3.29. The van der Waals surface area contributed by atoms with Crippen molar-refractivity contribution in [3.05, 3.63) is 24.2 Å². The molecule has 3 aliphatic heterocycles. The molecule has 21 heavy (non-hydrogen) atoms. The Kier molecular flexibility index (Phi) is 3.40. The molecule has 0 unspecified atom stereocenters. The lowest BCUT2D eigenvalue weighted by Gasteiger charge is -2.42. The van der Waals surface area contributed by atoms with Gasteiger partial charge in [-0.2, -0.15) is 0 Å². The van der Waals surface area contributed by atoms with Crippen LogP contribution in [0.15, 0.2) is 23.0 Å². The summed E-state index contributed by atoms with van der Waals surface area (Å²) in [5, 5.41) is 0. The minimum absolute atomic E-state index is 0.313. The number of furan rings is 1. The van der Waals surface area contributed by atoms with Crippen molar-refractivity contribution in [1.82, 2.24) is 9.80 Å². The molecule has 4 heterocycles. The van der Waals surface area contributed by atoms with Gasteiger partial charge in [-0.05, 0) is 62.5 Å². The molecule has 3 fully saturated rings. The van der Waals surface area contributed by atoms with Gasteiger partial charge >= 0.3 is 6.03 Å². The summed E-state index contributed by atoms with van der Waals surface area (Å²) < 4.78 is 5.24. The zero-order valence-corrected chi connectivity index (χ0v) is 12.5. The molecule has 0 N–H and O–H groups in total. The van der Waals surface area contributed by atoms with Crippen molar-refractivity contribution in [2.24, 2.45) is 0 Å². The number of carbonyl (C=O) groups is 1. The van der Waals surface area contributed by atoms with Gasteiger partial charge in [0, 0.05) is 25.2 Å². The van der Waals surface area contributed by atoms with E-state index in [1.54, 1.807) is 6.26 Å². The predicted octanol–water partition coefficient (Wildman–Crippen LogP) is 3.60. The molecule has 0 radical (unpaired) electrons.